The van der Waals surface area contributed by atoms with E-state index < -0.39 is 0 Å². The molecule has 1 heterocycles. The summed E-state index contributed by atoms with van der Waals surface area (Å²) in [7, 11) is 2.00. The van der Waals surface area contributed by atoms with Crippen LogP contribution in [0, 0.1) is 0 Å². The number of hydrogen-bond acceptors (Lipinski definition) is 3. The lowest BCUT2D eigenvalue weighted by molar-refractivity contribution is -0.0329. The van der Waals surface area contributed by atoms with Gasteiger partial charge in [0.05, 0.1) is 6.10 Å². The van der Waals surface area contributed by atoms with Crippen LogP contribution in [-0.2, 0) is 9.47 Å². The molecule has 84 valence electrons. The molecule has 1 N–H and O–H groups in total. The quantitative estimate of drug-likeness (QED) is 0.662. The van der Waals surface area contributed by atoms with Crippen molar-refractivity contribution in [3.8, 4) is 0 Å². The van der Waals surface area contributed by atoms with Crippen LogP contribution >= 0.6 is 0 Å². The molecule has 1 rings (SSSR count). The molecule has 0 aromatic rings. The lowest BCUT2D eigenvalue weighted by atomic mass is 10.1. The third kappa shape index (κ3) is 4.94. The molecule has 1 fully saturated rings. The maximum Gasteiger partial charge on any atom is 0.0619 e. The summed E-state index contributed by atoms with van der Waals surface area (Å²) in [6.45, 7) is 4.85. The van der Waals surface area contributed by atoms with E-state index in [4.69, 9.17) is 9.47 Å². The zero-order valence-electron chi connectivity index (χ0n) is 9.42. The van der Waals surface area contributed by atoms with Crippen LogP contribution in [-0.4, -0.2) is 39.0 Å². The molecule has 1 aliphatic rings. The van der Waals surface area contributed by atoms with E-state index in [0.29, 0.717) is 12.1 Å². The summed E-state index contributed by atoms with van der Waals surface area (Å²) in [6.07, 6.45) is 4.94. The highest BCUT2D eigenvalue weighted by atomic mass is 16.5. The van der Waals surface area contributed by atoms with Crippen LogP contribution in [0.3, 0.4) is 0 Å². The van der Waals surface area contributed by atoms with Gasteiger partial charge >= 0.3 is 0 Å². The van der Waals surface area contributed by atoms with Crippen molar-refractivity contribution in [3.05, 3.63) is 0 Å². The van der Waals surface area contributed by atoms with E-state index in [2.05, 4.69) is 12.2 Å². The highest BCUT2D eigenvalue weighted by molar-refractivity contribution is 4.63. The average Bonchev–Trinajstić information content (AvgIpc) is 2.25. The largest absolute Gasteiger partial charge is 0.381 e. The van der Waals surface area contributed by atoms with E-state index in [9.17, 15) is 0 Å². The zero-order valence-corrected chi connectivity index (χ0v) is 9.42. The Morgan fingerprint density at radius 3 is 2.79 bits per heavy atom. The highest BCUT2D eigenvalue weighted by Crippen LogP contribution is 2.11. The third-order valence-electron chi connectivity index (χ3n) is 2.80. The third-order valence-corrected chi connectivity index (χ3v) is 2.80. The van der Waals surface area contributed by atoms with Crippen molar-refractivity contribution in [2.75, 3.05) is 26.9 Å². The molecular weight excluding hydrogens is 178 g/mol. The van der Waals surface area contributed by atoms with Crippen molar-refractivity contribution in [2.45, 2.75) is 44.8 Å². The standard InChI is InChI=1S/C11H23NO2/c1-10(12-2)4-3-7-14-11-5-8-13-9-6-11/h10-12H,3-9H2,1-2H3. The van der Waals surface area contributed by atoms with Crippen molar-refractivity contribution in [1.82, 2.24) is 5.32 Å². The van der Waals surface area contributed by atoms with E-state index in [-0.39, 0.29) is 0 Å². The Labute approximate surface area is 87.2 Å². The van der Waals surface area contributed by atoms with Crippen LogP contribution in [0.4, 0.5) is 0 Å². The maximum absolute atomic E-state index is 5.77. The molecule has 1 unspecified atom stereocenters. The summed E-state index contributed by atoms with van der Waals surface area (Å²) in [4.78, 5) is 0. The van der Waals surface area contributed by atoms with E-state index in [1.807, 2.05) is 7.05 Å². The SMILES string of the molecule is CNC(C)CCCOC1CCOCC1. The smallest absolute Gasteiger partial charge is 0.0619 e. The first-order valence-corrected chi connectivity index (χ1v) is 5.69. The summed E-state index contributed by atoms with van der Waals surface area (Å²) in [5.74, 6) is 0. The molecule has 0 amide bonds. The summed E-state index contributed by atoms with van der Waals surface area (Å²) >= 11 is 0. The molecule has 0 bridgehead atoms. The molecule has 0 aromatic heterocycles. The Kier molecular flexibility index (Phi) is 6.15. The summed E-state index contributed by atoms with van der Waals surface area (Å²) in [6, 6.07) is 0.605. The molecule has 1 aliphatic heterocycles. The second kappa shape index (κ2) is 7.21. The van der Waals surface area contributed by atoms with Gasteiger partial charge in [0.15, 0.2) is 0 Å². The fraction of sp³-hybridized carbons (Fsp3) is 1.00. The fourth-order valence-corrected chi connectivity index (χ4v) is 1.63. The maximum atomic E-state index is 5.77. The summed E-state index contributed by atoms with van der Waals surface area (Å²) in [5.41, 5.74) is 0. The minimum Gasteiger partial charge on any atom is -0.381 e. The highest BCUT2D eigenvalue weighted by Gasteiger charge is 2.13. The Balaban J connectivity index is 1.92. The minimum absolute atomic E-state index is 0.452. The molecular formula is C11H23NO2. The van der Waals surface area contributed by atoms with Gasteiger partial charge in [-0.15, -0.1) is 0 Å². The van der Waals surface area contributed by atoms with Crippen LogP contribution in [0.1, 0.15) is 32.6 Å². The van der Waals surface area contributed by atoms with Crippen LogP contribution in [0.15, 0.2) is 0 Å². The lowest BCUT2D eigenvalue weighted by Crippen LogP contribution is -2.25. The van der Waals surface area contributed by atoms with Gasteiger partial charge in [-0.3, -0.25) is 0 Å². The van der Waals surface area contributed by atoms with Gasteiger partial charge in [-0.1, -0.05) is 0 Å². The van der Waals surface area contributed by atoms with E-state index in [1.54, 1.807) is 0 Å². The monoisotopic (exact) mass is 201 g/mol. The Bertz CT molecular complexity index is 135. The van der Waals surface area contributed by atoms with E-state index >= 15 is 0 Å². The second-order valence-corrected chi connectivity index (χ2v) is 4.01. The van der Waals surface area contributed by atoms with Crippen LogP contribution in [0.2, 0.25) is 0 Å². The Morgan fingerprint density at radius 2 is 2.14 bits per heavy atom. The molecule has 3 nitrogen and oxygen atoms in total. The molecule has 3 heteroatoms. The summed E-state index contributed by atoms with van der Waals surface area (Å²) < 4.78 is 11.0. The molecule has 0 spiro atoms. The fourth-order valence-electron chi connectivity index (χ4n) is 1.63. The number of nitrogens with one attached hydrogen (secondary N) is 1. The first-order chi connectivity index (χ1) is 6.83. The second-order valence-electron chi connectivity index (χ2n) is 4.01. The predicted octanol–water partition coefficient (Wildman–Crippen LogP) is 1.57. The molecule has 1 atom stereocenters. The topological polar surface area (TPSA) is 30.5 Å². The number of hydrogen-bond donors (Lipinski definition) is 1. The van der Waals surface area contributed by atoms with Gasteiger partial charge < -0.3 is 14.8 Å². The van der Waals surface area contributed by atoms with Gasteiger partial charge in [-0.2, -0.15) is 0 Å². The van der Waals surface area contributed by atoms with Crippen molar-refractivity contribution in [2.24, 2.45) is 0 Å². The van der Waals surface area contributed by atoms with Gasteiger partial charge in [0, 0.05) is 25.9 Å². The van der Waals surface area contributed by atoms with Gasteiger partial charge in [0.1, 0.15) is 0 Å². The molecule has 0 aliphatic carbocycles. The van der Waals surface area contributed by atoms with Crippen molar-refractivity contribution in [1.29, 1.82) is 0 Å². The normalized spacial score (nSPS) is 21.0. The van der Waals surface area contributed by atoms with E-state index in [1.165, 1.54) is 6.42 Å². The lowest BCUT2D eigenvalue weighted by Gasteiger charge is -2.22. The molecule has 0 aromatic carbocycles. The van der Waals surface area contributed by atoms with Crippen LogP contribution < -0.4 is 5.32 Å². The Hall–Kier alpha value is -0.120. The molecule has 0 saturated carbocycles. The van der Waals surface area contributed by atoms with Crippen molar-refractivity contribution in [3.63, 3.8) is 0 Å². The molecule has 0 radical (unpaired) electrons. The Morgan fingerprint density at radius 1 is 1.43 bits per heavy atom. The average molecular weight is 201 g/mol. The first-order valence-electron chi connectivity index (χ1n) is 5.69. The summed E-state index contributed by atoms with van der Waals surface area (Å²) in [5, 5.41) is 3.23. The van der Waals surface area contributed by atoms with E-state index in [0.717, 1.165) is 39.1 Å². The van der Waals surface area contributed by atoms with Gasteiger partial charge in [0.2, 0.25) is 0 Å². The van der Waals surface area contributed by atoms with Gasteiger partial charge in [0.25, 0.3) is 0 Å². The number of rotatable bonds is 6. The van der Waals surface area contributed by atoms with Crippen molar-refractivity contribution >= 4 is 0 Å². The predicted molar refractivity (Wildman–Crippen MR) is 57.5 cm³/mol. The van der Waals surface area contributed by atoms with Crippen LogP contribution in [0.25, 0.3) is 0 Å². The van der Waals surface area contributed by atoms with Crippen LogP contribution in [0.5, 0.6) is 0 Å². The van der Waals surface area contributed by atoms with Gasteiger partial charge in [-0.05, 0) is 39.7 Å². The zero-order chi connectivity index (χ0) is 10.2. The van der Waals surface area contributed by atoms with Gasteiger partial charge in [-0.25, -0.2) is 0 Å². The van der Waals surface area contributed by atoms with Crippen molar-refractivity contribution < 1.29 is 9.47 Å². The first kappa shape index (κ1) is 12.0. The minimum atomic E-state index is 0.452. The number of ether oxygens (including phenoxy) is 2. The molecule has 14 heavy (non-hydrogen) atoms. The molecule has 1 saturated heterocycles.